The molecule has 0 radical (unpaired) electrons. The standard InChI is InChI=1S/C19H18N4O2S/c24-26(25,22-19-21-20-18-7-3-4-10-23(18)19)15-8-9-17-14(12-15)11-13-5-1-2-6-16(13)17/h1-2,5-6,8-9,12H,3-4,7,10-11H2,(H,21,22). The summed E-state index contributed by atoms with van der Waals surface area (Å²) in [6.07, 6.45) is 3.67. The van der Waals surface area contributed by atoms with E-state index in [1.165, 1.54) is 11.1 Å². The van der Waals surface area contributed by atoms with Crippen LogP contribution in [0, 0.1) is 0 Å². The van der Waals surface area contributed by atoms with Crippen LogP contribution in [0.1, 0.15) is 29.8 Å². The minimum atomic E-state index is -3.70. The Morgan fingerprint density at radius 3 is 2.73 bits per heavy atom. The van der Waals surface area contributed by atoms with Crippen LogP contribution in [0.2, 0.25) is 0 Å². The average Bonchev–Trinajstić information content (AvgIpc) is 3.22. The van der Waals surface area contributed by atoms with Crippen molar-refractivity contribution in [2.75, 3.05) is 4.72 Å². The number of aryl methyl sites for hydroxylation is 1. The molecule has 2 aromatic carbocycles. The molecule has 0 unspecified atom stereocenters. The summed E-state index contributed by atoms with van der Waals surface area (Å²) in [6, 6.07) is 13.5. The number of rotatable bonds is 3. The number of sulfonamides is 1. The van der Waals surface area contributed by atoms with Gasteiger partial charge in [0.25, 0.3) is 10.0 Å². The lowest BCUT2D eigenvalue weighted by Crippen LogP contribution is -2.19. The zero-order valence-corrected chi connectivity index (χ0v) is 15.0. The third kappa shape index (κ3) is 2.42. The first-order valence-electron chi connectivity index (χ1n) is 8.78. The minimum absolute atomic E-state index is 0.261. The van der Waals surface area contributed by atoms with Crippen molar-refractivity contribution in [3.8, 4) is 11.1 Å². The van der Waals surface area contributed by atoms with Gasteiger partial charge in [0.05, 0.1) is 4.90 Å². The quantitative estimate of drug-likeness (QED) is 0.605. The van der Waals surface area contributed by atoms with Crippen molar-refractivity contribution in [2.24, 2.45) is 0 Å². The molecule has 0 saturated carbocycles. The van der Waals surface area contributed by atoms with Crippen LogP contribution in [0.5, 0.6) is 0 Å². The molecule has 0 fully saturated rings. The van der Waals surface area contributed by atoms with E-state index in [9.17, 15) is 8.42 Å². The summed E-state index contributed by atoms with van der Waals surface area (Å²) >= 11 is 0. The van der Waals surface area contributed by atoms with E-state index in [-0.39, 0.29) is 4.90 Å². The first-order valence-corrected chi connectivity index (χ1v) is 10.3. The van der Waals surface area contributed by atoms with Crippen LogP contribution in [-0.2, 0) is 29.4 Å². The molecule has 7 heteroatoms. The molecule has 0 amide bonds. The molecule has 0 saturated heterocycles. The maximum Gasteiger partial charge on any atom is 0.264 e. The highest BCUT2D eigenvalue weighted by molar-refractivity contribution is 7.92. The van der Waals surface area contributed by atoms with Crippen LogP contribution >= 0.6 is 0 Å². The molecule has 26 heavy (non-hydrogen) atoms. The summed E-state index contributed by atoms with van der Waals surface area (Å²) < 4.78 is 30.2. The molecule has 2 aliphatic rings. The van der Waals surface area contributed by atoms with Crippen LogP contribution < -0.4 is 4.72 Å². The first kappa shape index (κ1) is 15.6. The number of anilines is 1. The molecule has 1 aliphatic heterocycles. The van der Waals surface area contributed by atoms with Gasteiger partial charge in [-0.1, -0.05) is 30.3 Å². The maximum absolute atomic E-state index is 12.9. The van der Waals surface area contributed by atoms with Gasteiger partial charge in [0.2, 0.25) is 5.95 Å². The van der Waals surface area contributed by atoms with E-state index in [0.29, 0.717) is 5.95 Å². The average molecular weight is 366 g/mol. The topological polar surface area (TPSA) is 76.9 Å². The number of nitrogens with zero attached hydrogens (tertiary/aromatic N) is 3. The van der Waals surface area contributed by atoms with Gasteiger partial charge in [0, 0.05) is 13.0 Å². The predicted octanol–water partition coefficient (Wildman–Crippen LogP) is 2.99. The normalized spacial score (nSPS) is 15.2. The van der Waals surface area contributed by atoms with E-state index in [0.717, 1.165) is 49.2 Å². The van der Waals surface area contributed by atoms with Gasteiger partial charge in [-0.15, -0.1) is 10.2 Å². The van der Waals surface area contributed by atoms with Gasteiger partial charge in [-0.3, -0.25) is 4.57 Å². The summed E-state index contributed by atoms with van der Waals surface area (Å²) in [5.74, 6) is 1.15. The summed E-state index contributed by atoms with van der Waals surface area (Å²) in [6.45, 7) is 0.750. The zero-order valence-electron chi connectivity index (χ0n) is 14.1. The first-order chi connectivity index (χ1) is 12.6. The predicted molar refractivity (Wildman–Crippen MR) is 98.5 cm³/mol. The molecule has 1 N–H and O–H groups in total. The Kier molecular flexibility index (Phi) is 3.40. The number of hydrogen-bond donors (Lipinski definition) is 1. The molecule has 5 rings (SSSR count). The summed E-state index contributed by atoms with van der Waals surface area (Å²) in [5, 5.41) is 8.14. The van der Waals surface area contributed by atoms with Crippen molar-refractivity contribution in [1.29, 1.82) is 0 Å². The monoisotopic (exact) mass is 366 g/mol. The molecule has 6 nitrogen and oxygen atoms in total. The lowest BCUT2D eigenvalue weighted by atomic mass is 10.1. The lowest BCUT2D eigenvalue weighted by Gasteiger charge is -2.15. The van der Waals surface area contributed by atoms with Crippen molar-refractivity contribution in [3.63, 3.8) is 0 Å². The smallest absolute Gasteiger partial charge is 0.264 e. The van der Waals surface area contributed by atoms with E-state index < -0.39 is 10.0 Å². The maximum atomic E-state index is 12.9. The number of nitrogens with one attached hydrogen (secondary N) is 1. The molecular formula is C19H18N4O2S. The molecule has 0 bridgehead atoms. The fourth-order valence-corrected chi connectivity index (χ4v) is 4.91. The summed E-state index contributed by atoms with van der Waals surface area (Å²) in [5.41, 5.74) is 4.57. The van der Waals surface area contributed by atoms with E-state index >= 15 is 0 Å². The van der Waals surface area contributed by atoms with Crippen LogP contribution in [0.4, 0.5) is 5.95 Å². The highest BCUT2D eigenvalue weighted by atomic mass is 32.2. The lowest BCUT2D eigenvalue weighted by molar-refractivity contribution is 0.526. The Bertz CT molecular complexity index is 1120. The Balaban J connectivity index is 1.48. The van der Waals surface area contributed by atoms with E-state index in [4.69, 9.17) is 0 Å². The molecular weight excluding hydrogens is 348 g/mol. The van der Waals surface area contributed by atoms with Gasteiger partial charge in [-0.2, -0.15) is 0 Å². The van der Waals surface area contributed by atoms with E-state index in [1.54, 1.807) is 12.1 Å². The van der Waals surface area contributed by atoms with Crippen LogP contribution in [0.25, 0.3) is 11.1 Å². The van der Waals surface area contributed by atoms with Gasteiger partial charge in [0.1, 0.15) is 5.82 Å². The highest BCUT2D eigenvalue weighted by Gasteiger charge is 2.24. The highest BCUT2D eigenvalue weighted by Crippen LogP contribution is 2.37. The molecule has 2 heterocycles. The number of benzene rings is 2. The largest absolute Gasteiger partial charge is 0.297 e. The fourth-order valence-electron chi connectivity index (χ4n) is 3.85. The van der Waals surface area contributed by atoms with Crippen molar-refractivity contribution in [3.05, 3.63) is 59.4 Å². The molecule has 3 aromatic rings. The third-order valence-corrected chi connectivity index (χ3v) is 6.49. The van der Waals surface area contributed by atoms with Crippen molar-refractivity contribution in [2.45, 2.75) is 37.1 Å². The third-order valence-electron chi connectivity index (χ3n) is 5.16. The second-order valence-corrected chi connectivity index (χ2v) is 8.49. The Hall–Kier alpha value is -2.67. The molecule has 1 aromatic heterocycles. The van der Waals surface area contributed by atoms with Gasteiger partial charge >= 0.3 is 0 Å². The molecule has 0 atom stereocenters. The summed E-state index contributed by atoms with van der Waals surface area (Å²) in [4.78, 5) is 0.261. The fraction of sp³-hybridized carbons (Fsp3) is 0.263. The summed E-state index contributed by atoms with van der Waals surface area (Å²) in [7, 11) is -3.70. The molecule has 0 spiro atoms. The van der Waals surface area contributed by atoms with Crippen LogP contribution in [-0.4, -0.2) is 23.2 Å². The second kappa shape index (κ2) is 5.67. The van der Waals surface area contributed by atoms with Crippen molar-refractivity contribution in [1.82, 2.24) is 14.8 Å². The van der Waals surface area contributed by atoms with Crippen LogP contribution in [0.15, 0.2) is 47.4 Å². The number of fused-ring (bicyclic) bond motifs is 4. The number of hydrogen-bond acceptors (Lipinski definition) is 4. The SMILES string of the molecule is O=S(=O)(Nc1nnc2n1CCCC2)c1ccc2c(c1)Cc1ccccc1-2. The molecule has 1 aliphatic carbocycles. The van der Waals surface area contributed by atoms with Gasteiger partial charge in [-0.05, 0) is 53.6 Å². The number of aromatic nitrogens is 3. The zero-order chi connectivity index (χ0) is 17.7. The van der Waals surface area contributed by atoms with Gasteiger partial charge in [0.15, 0.2) is 0 Å². The Morgan fingerprint density at radius 2 is 1.81 bits per heavy atom. The second-order valence-electron chi connectivity index (χ2n) is 6.81. The van der Waals surface area contributed by atoms with Crippen molar-refractivity contribution >= 4 is 16.0 Å². The van der Waals surface area contributed by atoms with Crippen molar-refractivity contribution < 1.29 is 8.42 Å². The minimum Gasteiger partial charge on any atom is -0.297 e. The van der Waals surface area contributed by atoms with E-state index in [1.807, 2.05) is 22.8 Å². The van der Waals surface area contributed by atoms with Gasteiger partial charge < -0.3 is 0 Å². The Labute approximate surface area is 151 Å². The van der Waals surface area contributed by atoms with Gasteiger partial charge in [-0.25, -0.2) is 13.1 Å². The van der Waals surface area contributed by atoms with Crippen LogP contribution in [0.3, 0.4) is 0 Å². The molecule has 132 valence electrons. The Morgan fingerprint density at radius 1 is 0.962 bits per heavy atom. The van der Waals surface area contributed by atoms with E-state index in [2.05, 4.69) is 27.1 Å².